The van der Waals surface area contributed by atoms with Crippen LogP contribution in [0.5, 0.6) is 5.75 Å². The molecule has 0 radical (unpaired) electrons. The van der Waals surface area contributed by atoms with Crippen LogP contribution < -0.4 is 4.74 Å². The summed E-state index contributed by atoms with van der Waals surface area (Å²) in [5.41, 5.74) is 3.19. The second-order valence-corrected chi connectivity index (χ2v) is 9.62. The molecule has 0 spiro atoms. The summed E-state index contributed by atoms with van der Waals surface area (Å²) in [5, 5.41) is 0.902. The lowest BCUT2D eigenvalue weighted by atomic mass is 9.84. The van der Waals surface area contributed by atoms with Crippen molar-refractivity contribution in [1.82, 2.24) is 19.4 Å². The maximum absolute atomic E-state index is 16.1. The lowest BCUT2D eigenvalue weighted by Crippen LogP contribution is -2.41. The summed E-state index contributed by atoms with van der Waals surface area (Å²) in [4.78, 5) is 23.2. The highest BCUT2D eigenvalue weighted by atomic mass is 19.1. The largest absolute Gasteiger partial charge is 0.485 e. The molecule has 37 heavy (non-hydrogen) atoms. The number of alkyl halides is 1. The van der Waals surface area contributed by atoms with Crippen molar-refractivity contribution in [1.29, 1.82) is 0 Å². The molecule has 0 unspecified atom stereocenters. The first kappa shape index (κ1) is 23.6. The summed E-state index contributed by atoms with van der Waals surface area (Å²) >= 11 is 0. The fourth-order valence-corrected chi connectivity index (χ4v) is 5.53. The molecule has 2 aliphatic rings. The van der Waals surface area contributed by atoms with Crippen molar-refractivity contribution in [3.63, 3.8) is 0 Å². The number of hydrogen-bond acceptors (Lipinski definition) is 6. The van der Waals surface area contributed by atoms with Gasteiger partial charge in [-0.2, -0.15) is 0 Å². The lowest BCUT2D eigenvalue weighted by Gasteiger charge is -2.37. The zero-order valence-electron chi connectivity index (χ0n) is 20.8. The molecular formula is C29H29FN4O3. The third-order valence-electron chi connectivity index (χ3n) is 7.50. The van der Waals surface area contributed by atoms with Crippen molar-refractivity contribution >= 4 is 16.9 Å². The number of carbonyl (C=O) groups is 1. The van der Waals surface area contributed by atoms with Crippen molar-refractivity contribution < 1.29 is 18.7 Å². The SMILES string of the molecule is CCOC(=O)c1ncn2c1COc1c(CCN3CCC(F)(c4cccc5ncccc45)CC3)cccc1-2. The Bertz CT molecular complexity index is 1450. The van der Waals surface area contributed by atoms with Crippen LogP contribution in [0, 0.1) is 0 Å². The van der Waals surface area contributed by atoms with Crippen molar-refractivity contribution in [2.45, 2.75) is 38.5 Å². The Labute approximate surface area is 214 Å². The van der Waals surface area contributed by atoms with Gasteiger partial charge in [0.25, 0.3) is 0 Å². The molecule has 0 aliphatic carbocycles. The van der Waals surface area contributed by atoms with E-state index in [9.17, 15) is 4.79 Å². The molecule has 2 aromatic carbocycles. The van der Waals surface area contributed by atoms with E-state index < -0.39 is 11.6 Å². The van der Waals surface area contributed by atoms with Crippen LogP contribution in [0.25, 0.3) is 16.6 Å². The van der Waals surface area contributed by atoms with Gasteiger partial charge in [0.15, 0.2) is 5.69 Å². The van der Waals surface area contributed by atoms with E-state index in [1.165, 1.54) is 0 Å². The average molecular weight is 501 g/mol. The molecule has 6 rings (SSSR count). The van der Waals surface area contributed by atoms with E-state index in [0.717, 1.165) is 46.4 Å². The molecule has 0 bridgehead atoms. The van der Waals surface area contributed by atoms with E-state index in [1.54, 1.807) is 19.4 Å². The van der Waals surface area contributed by atoms with Gasteiger partial charge in [-0.05, 0) is 55.5 Å². The Morgan fingerprint density at radius 2 is 1.95 bits per heavy atom. The molecule has 4 heterocycles. The number of hydrogen-bond donors (Lipinski definition) is 0. The van der Waals surface area contributed by atoms with Crippen LogP contribution in [-0.4, -0.2) is 51.6 Å². The van der Waals surface area contributed by atoms with Gasteiger partial charge in [0.2, 0.25) is 0 Å². The fourth-order valence-electron chi connectivity index (χ4n) is 5.53. The Balaban J connectivity index is 1.14. The molecule has 8 heteroatoms. The number of halogens is 1. The minimum atomic E-state index is -1.34. The third kappa shape index (κ3) is 4.25. The van der Waals surface area contributed by atoms with Crippen LogP contribution in [0.4, 0.5) is 4.39 Å². The van der Waals surface area contributed by atoms with Gasteiger partial charge in [0, 0.05) is 31.2 Å². The van der Waals surface area contributed by atoms with Crippen molar-refractivity contribution in [3.05, 3.63) is 83.6 Å². The molecule has 7 nitrogen and oxygen atoms in total. The highest BCUT2D eigenvalue weighted by Crippen LogP contribution is 2.40. The van der Waals surface area contributed by atoms with Crippen LogP contribution in [0.1, 0.15) is 47.1 Å². The summed E-state index contributed by atoms with van der Waals surface area (Å²) in [6, 6.07) is 15.6. The van der Waals surface area contributed by atoms with E-state index in [2.05, 4.69) is 20.9 Å². The van der Waals surface area contributed by atoms with E-state index >= 15 is 4.39 Å². The highest BCUT2D eigenvalue weighted by Gasteiger charge is 2.37. The van der Waals surface area contributed by atoms with Gasteiger partial charge >= 0.3 is 5.97 Å². The van der Waals surface area contributed by atoms with Gasteiger partial charge in [-0.3, -0.25) is 9.55 Å². The van der Waals surface area contributed by atoms with Crippen LogP contribution in [0.15, 0.2) is 61.1 Å². The first-order valence-corrected chi connectivity index (χ1v) is 12.8. The van der Waals surface area contributed by atoms with E-state index in [4.69, 9.17) is 9.47 Å². The van der Waals surface area contributed by atoms with Gasteiger partial charge in [0.05, 0.1) is 23.5 Å². The maximum atomic E-state index is 16.1. The van der Waals surface area contributed by atoms with Gasteiger partial charge < -0.3 is 14.4 Å². The second-order valence-electron chi connectivity index (χ2n) is 9.62. The summed E-state index contributed by atoms with van der Waals surface area (Å²) in [6.07, 6.45) is 5.11. The topological polar surface area (TPSA) is 69.5 Å². The van der Waals surface area contributed by atoms with E-state index in [-0.39, 0.29) is 6.61 Å². The Hall–Kier alpha value is -3.78. The number of carbonyl (C=O) groups excluding carboxylic acids is 1. The number of aromatic nitrogens is 3. The fraction of sp³-hybridized carbons (Fsp3) is 0.345. The normalized spacial score (nSPS) is 16.6. The van der Waals surface area contributed by atoms with Gasteiger partial charge in [0.1, 0.15) is 24.4 Å². The van der Waals surface area contributed by atoms with E-state index in [0.29, 0.717) is 43.9 Å². The molecule has 4 aromatic rings. The number of ether oxygens (including phenoxy) is 2. The molecule has 0 atom stereocenters. The molecule has 2 aromatic heterocycles. The van der Waals surface area contributed by atoms with E-state index in [1.807, 2.05) is 47.0 Å². The number of para-hydroxylation sites is 1. The first-order valence-electron chi connectivity index (χ1n) is 12.8. The quantitative estimate of drug-likeness (QED) is 0.348. The number of fused-ring (bicyclic) bond motifs is 4. The average Bonchev–Trinajstić information content (AvgIpc) is 3.37. The summed E-state index contributed by atoms with van der Waals surface area (Å²) in [7, 11) is 0. The Morgan fingerprint density at radius 3 is 2.78 bits per heavy atom. The van der Waals surface area contributed by atoms with Crippen LogP contribution in [0.3, 0.4) is 0 Å². The minimum Gasteiger partial charge on any atom is -0.485 e. The van der Waals surface area contributed by atoms with Gasteiger partial charge in [-0.1, -0.05) is 30.3 Å². The predicted octanol–water partition coefficient (Wildman–Crippen LogP) is 4.99. The maximum Gasteiger partial charge on any atom is 0.358 e. The highest BCUT2D eigenvalue weighted by molar-refractivity contribution is 5.89. The molecule has 1 saturated heterocycles. The summed E-state index contributed by atoms with van der Waals surface area (Å²) in [5.74, 6) is 0.371. The number of rotatable bonds is 6. The van der Waals surface area contributed by atoms with Crippen LogP contribution >= 0.6 is 0 Å². The summed E-state index contributed by atoms with van der Waals surface area (Å²) < 4.78 is 29.3. The summed E-state index contributed by atoms with van der Waals surface area (Å²) in [6.45, 7) is 4.53. The third-order valence-corrected chi connectivity index (χ3v) is 7.50. The Kier molecular flexibility index (Phi) is 6.12. The van der Waals surface area contributed by atoms with Crippen LogP contribution in [0.2, 0.25) is 0 Å². The zero-order chi connectivity index (χ0) is 25.4. The number of esters is 1. The number of likely N-dealkylation sites (tertiary alicyclic amines) is 1. The number of nitrogens with zero attached hydrogens (tertiary/aromatic N) is 4. The first-order chi connectivity index (χ1) is 18.1. The minimum absolute atomic E-state index is 0.256. The molecule has 1 fully saturated rings. The molecule has 190 valence electrons. The monoisotopic (exact) mass is 500 g/mol. The molecular weight excluding hydrogens is 471 g/mol. The number of imidazole rings is 1. The second kappa shape index (κ2) is 9.59. The number of pyridine rings is 1. The predicted molar refractivity (Wildman–Crippen MR) is 138 cm³/mol. The van der Waals surface area contributed by atoms with Crippen LogP contribution in [-0.2, 0) is 23.4 Å². The Morgan fingerprint density at radius 1 is 1.11 bits per heavy atom. The van der Waals surface area contributed by atoms with Gasteiger partial charge in [-0.15, -0.1) is 0 Å². The molecule has 0 N–H and O–H groups in total. The number of piperidine rings is 1. The lowest BCUT2D eigenvalue weighted by molar-refractivity contribution is 0.0516. The van der Waals surface area contributed by atoms with Crippen molar-refractivity contribution in [2.24, 2.45) is 0 Å². The van der Waals surface area contributed by atoms with Crippen molar-refractivity contribution in [2.75, 3.05) is 26.2 Å². The zero-order valence-corrected chi connectivity index (χ0v) is 20.8. The number of benzene rings is 2. The molecule has 0 saturated carbocycles. The molecule has 2 aliphatic heterocycles. The molecule has 0 amide bonds. The standard InChI is InChI=1S/C29H29FN4O3/c1-2-36-28(35)26-25-18-37-27-20(6-3-10-24(27)34(25)19-32-26)11-15-33-16-12-29(30,13-17-33)22-8-4-9-23-21(22)7-5-14-31-23/h3-10,14,19H,2,11-13,15-18H2,1H3. The smallest absolute Gasteiger partial charge is 0.358 e. The van der Waals surface area contributed by atoms with Crippen molar-refractivity contribution in [3.8, 4) is 11.4 Å². The van der Waals surface area contributed by atoms with Gasteiger partial charge in [-0.25, -0.2) is 14.2 Å².